The van der Waals surface area contributed by atoms with Gasteiger partial charge >= 0.3 is 5.97 Å². The topological polar surface area (TPSA) is 76.1 Å². The molecule has 33 heavy (non-hydrogen) atoms. The highest BCUT2D eigenvalue weighted by Crippen LogP contribution is 2.44. The fourth-order valence-corrected chi connectivity index (χ4v) is 4.08. The number of benzene rings is 3. The molecule has 1 amide bonds. The van der Waals surface area contributed by atoms with Gasteiger partial charge in [-0.05, 0) is 47.9 Å². The molecule has 1 atom stereocenters. The first kappa shape index (κ1) is 22.1. The summed E-state index contributed by atoms with van der Waals surface area (Å²) in [4.78, 5) is 26.7. The molecule has 3 aromatic carbocycles. The molecule has 1 aliphatic rings. The Morgan fingerprint density at radius 2 is 1.70 bits per heavy atom. The number of aliphatic hydroxyl groups excluding tert-OH is 1. The molecule has 0 fully saturated rings. The predicted octanol–water partition coefficient (Wildman–Crippen LogP) is 4.84. The maximum atomic E-state index is 13.2. The van der Waals surface area contributed by atoms with Crippen molar-refractivity contribution in [2.75, 3.05) is 14.2 Å². The Balaban J connectivity index is 1.79. The average Bonchev–Trinajstić information content (AvgIpc) is 3.09. The smallest absolute Gasteiger partial charge is 0.337 e. The summed E-state index contributed by atoms with van der Waals surface area (Å²) in [6, 6.07) is 21.6. The number of hydrogen-bond donors (Lipinski definition) is 1. The van der Waals surface area contributed by atoms with E-state index in [2.05, 4.69) is 0 Å². The lowest BCUT2D eigenvalue weighted by molar-refractivity contribution is -0.130. The van der Waals surface area contributed by atoms with Gasteiger partial charge in [0.1, 0.15) is 5.75 Å². The van der Waals surface area contributed by atoms with E-state index in [-0.39, 0.29) is 12.3 Å². The Bertz CT molecular complexity index is 1210. The van der Waals surface area contributed by atoms with Crippen molar-refractivity contribution in [2.45, 2.75) is 19.5 Å². The number of rotatable bonds is 6. The molecule has 4 rings (SSSR count). The number of carbonyl (C=O) groups is 2. The van der Waals surface area contributed by atoms with E-state index in [0.717, 1.165) is 22.3 Å². The van der Waals surface area contributed by atoms with E-state index in [1.165, 1.54) is 7.11 Å². The van der Waals surface area contributed by atoms with Crippen molar-refractivity contribution >= 4 is 17.4 Å². The highest BCUT2D eigenvalue weighted by Gasteiger charge is 2.41. The van der Waals surface area contributed by atoms with Crippen LogP contribution in [-0.4, -0.2) is 36.1 Å². The van der Waals surface area contributed by atoms with Crippen LogP contribution in [-0.2, 0) is 16.1 Å². The largest absolute Gasteiger partial charge is 0.503 e. The first-order valence-corrected chi connectivity index (χ1v) is 10.5. The number of esters is 1. The van der Waals surface area contributed by atoms with E-state index < -0.39 is 17.9 Å². The zero-order valence-corrected chi connectivity index (χ0v) is 18.7. The molecule has 1 heterocycles. The third kappa shape index (κ3) is 4.32. The highest BCUT2D eigenvalue weighted by molar-refractivity contribution is 6.05. The van der Waals surface area contributed by atoms with E-state index in [4.69, 9.17) is 9.47 Å². The van der Waals surface area contributed by atoms with Gasteiger partial charge in [-0.3, -0.25) is 4.79 Å². The maximum absolute atomic E-state index is 13.2. The Labute approximate surface area is 192 Å². The Kier molecular flexibility index (Phi) is 6.18. The lowest BCUT2D eigenvalue weighted by Crippen LogP contribution is -2.29. The molecule has 0 bridgehead atoms. The monoisotopic (exact) mass is 443 g/mol. The molecule has 3 aromatic rings. The quantitative estimate of drug-likeness (QED) is 0.552. The molecular weight excluding hydrogens is 418 g/mol. The number of methoxy groups -OCH3 is 2. The van der Waals surface area contributed by atoms with Crippen molar-refractivity contribution in [2.24, 2.45) is 0 Å². The molecule has 0 saturated heterocycles. The van der Waals surface area contributed by atoms with E-state index in [9.17, 15) is 14.7 Å². The van der Waals surface area contributed by atoms with Crippen LogP contribution in [0, 0.1) is 6.92 Å². The second-order valence-electron chi connectivity index (χ2n) is 7.93. The fourth-order valence-electron chi connectivity index (χ4n) is 4.08. The van der Waals surface area contributed by atoms with Crippen LogP contribution in [0.4, 0.5) is 0 Å². The normalized spacial score (nSPS) is 15.7. The summed E-state index contributed by atoms with van der Waals surface area (Å²) >= 11 is 0. The van der Waals surface area contributed by atoms with Crippen molar-refractivity contribution in [1.29, 1.82) is 0 Å². The molecule has 168 valence electrons. The van der Waals surface area contributed by atoms with Gasteiger partial charge in [0, 0.05) is 12.1 Å². The van der Waals surface area contributed by atoms with Gasteiger partial charge < -0.3 is 19.5 Å². The lowest BCUT2D eigenvalue weighted by atomic mass is 9.92. The number of aliphatic hydroxyl groups is 1. The van der Waals surface area contributed by atoms with Gasteiger partial charge in [0.05, 0.1) is 25.8 Å². The number of aryl methyl sites for hydroxylation is 1. The summed E-state index contributed by atoms with van der Waals surface area (Å²) in [7, 11) is 2.92. The number of hydrogen-bond acceptors (Lipinski definition) is 5. The van der Waals surface area contributed by atoms with Crippen LogP contribution in [0.1, 0.15) is 38.7 Å². The summed E-state index contributed by atoms with van der Waals surface area (Å²) in [6.45, 7) is 2.26. The van der Waals surface area contributed by atoms with E-state index in [1.54, 1.807) is 36.3 Å². The van der Waals surface area contributed by atoms with Crippen LogP contribution in [0.15, 0.2) is 78.6 Å². The molecule has 0 aromatic heterocycles. The maximum Gasteiger partial charge on any atom is 0.337 e. The van der Waals surface area contributed by atoms with Gasteiger partial charge in [0.25, 0.3) is 5.91 Å². The van der Waals surface area contributed by atoms with Crippen molar-refractivity contribution in [3.8, 4) is 5.75 Å². The highest BCUT2D eigenvalue weighted by atomic mass is 16.5. The molecule has 6 nitrogen and oxygen atoms in total. The minimum atomic E-state index is -0.530. The van der Waals surface area contributed by atoms with Gasteiger partial charge in [-0.1, -0.05) is 54.1 Å². The summed E-state index contributed by atoms with van der Waals surface area (Å²) in [5, 5.41) is 10.9. The van der Waals surface area contributed by atoms with Crippen molar-refractivity contribution in [3.63, 3.8) is 0 Å². The Hall–Kier alpha value is -4.06. The van der Waals surface area contributed by atoms with E-state index >= 15 is 0 Å². The summed E-state index contributed by atoms with van der Waals surface area (Å²) in [5.74, 6) is -0.470. The van der Waals surface area contributed by atoms with Crippen LogP contribution < -0.4 is 4.74 Å². The molecular formula is C27H25NO5. The molecule has 0 saturated carbocycles. The standard InChI is InChI=1S/C27H25NO5/c1-17-7-9-19(10-8-17)23-24(20-11-13-21(14-12-20)27(31)33-3)28(26(30)25(23)29)16-18-5-4-6-22(15-18)32-2/h4-15,24,29H,16H2,1-3H3. The molecule has 0 aliphatic carbocycles. The molecule has 6 heteroatoms. The van der Waals surface area contributed by atoms with Gasteiger partial charge in [-0.25, -0.2) is 4.79 Å². The van der Waals surface area contributed by atoms with Crippen molar-refractivity contribution < 1.29 is 24.2 Å². The van der Waals surface area contributed by atoms with Crippen LogP contribution in [0.2, 0.25) is 0 Å². The molecule has 1 aliphatic heterocycles. The summed E-state index contributed by atoms with van der Waals surface area (Å²) < 4.78 is 10.1. The van der Waals surface area contributed by atoms with Crippen LogP contribution in [0.3, 0.4) is 0 Å². The first-order valence-electron chi connectivity index (χ1n) is 10.5. The zero-order valence-electron chi connectivity index (χ0n) is 18.7. The van der Waals surface area contributed by atoms with Crippen LogP contribution >= 0.6 is 0 Å². The molecule has 0 spiro atoms. The second kappa shape index (κ2) is 9.20. The SMILES string of the molecule is COC(=O)c1ccc(C2C(c3ccc(C)cc3)=C(O)C(=O)N2Cc2cccc(OC)c2)cc1. The Morgan fingerprint density at radius 1 is 1.00 bits per heavy atom. The van der Waals surface area contributed by atoms with Gasteiger partial charge in [-0.15, -0.1) is 0 Å². The number of nitrogens with zero attached hydrogens (tertiary/aromatic N) is 1. The van der Waals surface area contributed by atoms with Gasteiger partial charge in [0.15, 0.2) is 5.76 Å². The number of ether oxygens (including phenoxy) is 2. The minimum Gasteiger partial charge on any atom is -0.503 e. The van der Waals surface area contributed by atoms with E-state index in [0.29, 0.717) is 16.9 Å². The average molecular weight is 443 g/mol. The van der Waals surface area contributed by atoms with Crippen LogP contribution in [0.5, 0.6) is 5.75 Å². The Morgan fingerprint density at radius 3 is 2.33 bits per heavy atom. The third-order valence-electron chi connectivity index (χ3n) is 5.80. The van der Waals surface area contributed by atoms with Crippen molar-refractivity contribution in [3.05, 3.63) is 106 Å². The zero-order chi connectivity index (χ0) is 23.5. The molecule has 1 N–H and O–H groups in total. The van der Waals surface area contributed by atoms with E-state index in [1.807, 2.05) is 55.5 Å². The fraction of sp³-hybridized carbons (Fsp3) is 0.185. The summed E-state index contributed by atoms with van der Waals surface area (Å²) in [6.07, 6.45) is 0. The predicted molar refractivity (Wildman–Crippen MR) is 125 cm³/mol. The minimum absolute atomic E-state index is 0.274. The lowest BCUT2D eigenvalue weighted by Gasteiger charge is -2.28. The second-order valence-corrected chi connectivity index (χ2v) is 7.93. The number of amides is 1. The number of carbonyl (C=O) groups excluding carboxylic acids is 2. The first-order chi connectivity index (χ1) is 15.9. The van der Waals surface area contributed by atoms with Crippen molar-refractivity contribution in [1.82, 2.24) is 4.90 Å². The molecule has 1 unspecified atom stereocenters. The third-order valence-corrected chi connectivity index (χ3v) is 5.80. The summed E-state index contributed by atoms with van der Waals surface area (Å²) in [5.41, 5.74) is 4.44. The molecule has 0 radical (unpaired) electrons. The van der Waals surface area contributed by atoms with Gasteiger partial charge in [-0.2, -0.15) is 0 Å². The van der Waals surface area contributed by atoms with Gasteiger partial charge in [0.2, 0.25) is 0 Å². The van der Waals surface area contributed by atoms with Crippen LogP contribution in [0.25, 0.3) is 5.57 Å².